The molecular weight excluding hydrogens is 392 g/mol. The van der Waals surface area contributed by atoms with Gasteiger partial charge in [0.2, 0.25) is 0 Å². The summed E-state index contributed by atoms with van der Waals surface area (Å²) in [6, 6.07) is 19.6. The van der Waals surface area contributed by atoms with Crippen molar-refractivity contribution in [1.82, 2.24) is 0 Å². The molecule has 1 unspecified atom stereocenters. The van der Waals surface area contributed by atoms with Gasteiger partial charge >= 0.3 is 0 Å². The summed E-state index contributed by atoms with van der Waals surface area (Å²) in [4.78, 5) is 0. The van der Waals surface area contributed by atoms with Crippen molar-refractivity contribution in [2.24, 2.45) is 5.92 Å². The molecule has 164 valence electrons. The highest BCUT2D eigenvalue weighted by molar-refractivity contribution is 6.73. The summed E-state index contributed by atoms with van der Waals surface area (Å²) in [7, 11) is -1.58. The smallest absolute Gasteiger partial charge is 0.191 e. The van der Waals surface area contributed by atoms with Crippen molar-refractivity contribution < 1.29 is 4.43 Å². The Morgan fingerprint density at radius 1 is 0.871 bits per heavy atom. The minimum absolute atomic E-state index is 0.0895. The molecule has 0 N–H and O–H groups in total. The summed E-state index contributed by atoms with van der Waals surface area (Å²) in [6.07, 6.45) is 12.6. The largest absolute Gasteiger partial charge is 0.417 e. The average molecular weight is 431 g/mol. The first-order valence-corrected chi connectivity index (χ1v) is 14.9. The van der Waals surface area contributed by atoms with E-state index in [0.29, 0.717) is 5.92 Å². The summed E-state index contributed by atoms with van der Waals surface area (Å²) < 4.78 is 6.79. The van der Waals surface area contributed by atoms with Crippen molar-refractivity contribution >= 4 is 8.32 Å². The van der Waals surface area contributed by atoms with Crippen LogP contribution in [-0.2, 0) is 16.3 Å². The Morgan fingerprint density at radius 3 is 2.23 bits per heavy atom. The molecule has 2 aliphatic rings. The van der Waals surface area contributed by atoms with Crippen LogP contribution in [0.2, 0.25) is 18.1 Å². The second kappa shape index (κ2) is 9.30. The molecule has 0 aromatic heterocycles. The van der Waals surface area contributed by atoms with Gasteiger partial charge < -0.3 is 4.43 Å². The lowest BCUT2D eigenvalue weighted by Gasteiger charge is -2.40. The first kappa shape index (κ1) is 22.3. The molecular formula is C29H38OSi. The van der Waals surface area contributed by atoms with Gasteiger partial charge in [0.25, 0.3) is 0 Å². The number of rotatable bonds is 10. The van der Waals surface area contributed by atoms with E-state index in [4.69, 9.17) is 4.43 Å². The molecule has 2 aromatic carbocycles. The lowest BCUT2D eigenvalue weighted by atomic mass is 9.65. The highest BCUT2D eigenvalue weighted by Crippen LogP contribution is 2.48. The van der Waals surface area contributed by atoms with Crippen LogP contribution in [-0.4, -0.2) is 14.9 Å². The Labute approximate surface area is 190 Å². The van der Waals surface area contributed by atoms with Crippen LogP contribution < -0.4 is 0 Å². The molecule has 0 fully saturated rings. The Bertz CT molecular complexity index is 948. The molecule has 1 nitrogen and oxygen atoms in total. The average Bonchev–Trinajstić information content (AvgIpc) is 3.49. The predicted octanol–water partition coefficient (Wildman–Crippen LogP) is 8.06. The van der Waals surface area contributed by atoms with Gasteiger partial charge in [0.1, 0.15) is 0 Å². The van der Waals surface area contributed by atoms with Gasteiger partial charge in [-0.25, -0.2) is 0 Å². The SMILES string of the molecule is CCC(CCO[Si](CC)(CC)CC)(c1cccc2c1Cc1ccccc1-2)C1C=CC=C1. The molecule has 2 heteroatoms. The number of hydrogen-bond donors (Lipinski definition) is 0. The van der Waals surface area contributed by atoms with E-state index in [9.17, 15) is 0 Å². The number of benzene rings is 2. The summed E-state index contributed by atoms with van der Waals surface area (Å²) >= 11 is 0. The van der Waals surface area contributed by atoms with E-state index in [0.717, 1.165) is 25.9 Å². The lowest BCUT2D eigenvalue weighted by molar-refractivity contribution is 0.219. The molecule has 0 bridgehead atoms. The van der Waals surface area contributed by atoms with E-state index >= 15 is 0 Å². The molecule has 2 aliphatic carbocycles. The van der Waals surface area contributed by atoms with Gasteiger partial charge in [-0.05, 0) is 65.2 Å². The van der Waals surface area contributed by atoms with Crippen LogP contribution in [0.1, 0.15) is 57.2 Å². The van der Waals surface area contributed by atoms with Crippen LogP contribution in [0.3, 0.4) is 0 Å². The maximum atomic E-state index is 6.79. The summed E-state index contributed by atoms with van der Waals surface area (Å²) in [5.74, 6) is 0.442. The lowest BCUT2D eigenvalue weighted by Crippen LogP contribution is -2.40. The fourth-order valence-electron chi connectivity index (χ4n) is 6.01. The quantitative estimate of drug-likeness (QED) is 0.296. The first-order valence-electron chi connectivity index (χ1n) is 12.3. The van der Waals surface area contributed by atoms with Crippen molar-refractivity contribution in [3.63, 3.8) is 0 Å². The first-order chi connectivity index (χ1) is 15.1. The number of allylic oxidation sites excluding steroid dienone is 4. The maximum Gasteiger partial charge on any atom is 0.191 e. The van der Waals surface area contributed by atoms with Gasteiger partial charge in [-0.2, -0.15) is 0 Å². The van der Waals surface area contributed by atoms with Gasteiger partial charge in [-0.3, -0.25) is 0 Å². The molecule has 0 aliphatic heterocycles. The molecule has 0 heterocycles. The van der Waals surface area contributed by atoms with Crippen LogP contribution in [0.25, 0.3) is 11.1 Å². The Morgan fingerprint density at radius 2 is 1.55 bits per heavy atom. The molecule has 0 radical (unpaired) electrons. The van der Waals surface area contributed by atoms with Crippen molar-refractivity contribution in [3.8, 4) is 11.1 Å². The molecule has 0 spiro atoms. The van der Waals surface area contributed by atoms with Gasteiger partial charge in [-0.15, -0.1) is 0 Å². The van der Waals surface area contributed by atoms with E-state index < -0.39 is 8.32 Å². The van der Waals surface area contributed by atoms with Gasteiger partial charge in [-0.1, -0.05) is 94.5 Å². The van der Waals surface area contributed by atoms with Gasteiger partial charge in [0.05, 0.1) is 0 Å². The van der Waals surface area contributed by atoms with Crippen molar-refractivity contribution in [3.05, 3.63) is 83.5 Å². The highest BCUT2D eigenvalue weighted by atomic mass is 28.4. The second-order valence-corrected chi connectivity index (χ2v) is 14.1. The molecule has 2 aromatic rings. The third kappa shape index (κ3) is 3.89. The van der Waals surface area contributed by atoms with Crippen LogP contribution in [0.5, 0.6) is 0 Å². The fourth-order valence-corrected chi connectivity index (χ4v) is 8.66. The Balaban J connectivity index is 1.72. The number of hydrogen-bond acceptors (Lipinski definition) is 1. The monoisotopic (exact) mass is 430 g/mol. The zero-order valence-corrected chi connectivity index (χ0v) is 20.8. The van der Waals surface area contributed by atoms with Crippen LogP contribution in [0, 0.1) is 5.92 Å². The minimum Gasteiger partial charge on any atom is -0.417 e. The Hall–Kier alpha value is -1.90. The maximum absolute atomic E-state index is 6.79. The number of fused-ring (bicyclic) bond motifs is 3. The molecule has 31 heavy (non-hydrogen) atoms. The Kier molecular flexibility index (Phi) is 6.69. The fraction of sp³-hybridized carbons (Fsp3) is 0.448. The predicted molar refractivity (Wildman–Crippen MR) is 136 cm³/mol. The zero-order valence-electron chi connectivity index (χ0n) is 19.8. The van der Waals surface area contributed by atoms with E-state index in [-0.39, 0.29) is 5.41 Å². The van der Waals surface area contributed by atoms with E-state index in [1.54, 1.807) is 11.1 Å². The van der Waals surface area contributed by atoms with Gasteiger partial charge in [0, 0.05) is 17.9 Å². The normalized spacial score (nSPS) is 17.0. The van der Waals surface area contributed by atoms with E-state index in [1.165, 1.54) is 34.8 Å². The molecule has 0 saturated carbocycles. The molecule has 0 saturated heterocycles. The van der Waals surface area contributed by atoms with Gasteiger partial charge in [0.15, 0.2) is 8.32 Å². The zero-order chi connectivity index (χ0) is 21.9. The van der Waals surface area contributed by atoms with Crippen molar-refractivity contribution in [2.45, 2.75) is 70.5 Å². The summed E-state index contributed by atoms with van der Waals surface area (Å²) in [5, 5.41) is 0. The van der Waals surface area contributed by atoms with Crippen molar-refractivity contribution in [1.29, 1.82) is 0 Å². The molecule has 0 amide bonds. The molecule has 4 rings (SSSR count). The summed E-state index contributed by atoms with van der Waals surface area (Å²) in [6.45, 7) is 10.2. The van der Waals surface area contributed by atoms with Crippen LogP contribution in [0.15, 0.2) is 66.8 Å². The van der Waals surface area contributed by atoms with E-state index in [1.807, 2.05) is 0 Å². The second-order valence-electron chi connectivity index (χ2n) is 9.31. The third-order valence-corrected chi connectivity index (χ3v) is 13.0. The van der Waals surface area contributed by atoms with Crippen LogP contribution >= 0.6 is 0 Å². The third-order valence-electron chi connectivity index (χ3n) is 8.29. The van der Waals surface area contributed by atoms with Crippen LogP contribution in [0.4, 0.5) is 0 Å². The minimum atomic E-state index is -1.58. The molecule has 1 atom stereocenters. The summed E-state index contributed by atoms with van der Waals surface area (Å²) in [5.41, 5.74) is 7.52. The van der Waals surface area contributed by atoms with E-state index in [2.05, 4.69) is 94.5 Å². The standard InChI is InChI=1S/C29H38OSi/c1-5-29(24-15-10-11-16-24,20-21-30-31(6-2,7-3)8-4)28-19-13-18-26-25-17-12-9-14-23(25)22-27(26)28/h9-19,24H,5-8,20-22H2,1-4H3. The topological polar surface area (TPSA) is 9.23 Å². The van der Waals surface area contributed by atoms with Crippen molar-refractivity contribution in [2.75, 3.05) is 6.61 Å². The highest BCUT2D eigenvalue weighted by Gasteiger charge is 2.41.